The highest BCUT2D eigenvalue weighted by Crippen LogP contribution is 2.22. The molecule has 1 unspecified atom stereocenters. The molecule has 0 saturated heterocycles. The van der Waals surface area contributed by atoms with Crippen LogP contribution in [0.2, 0.25) is 0 Å². The van der Waals surface area contributed by atoms with Crippen molar-refractivity contribution in [3.63, 3.8) is 0 Å². The summed E-state index contributed by atoms with van der Waals surface area (Å²) in [6.45, 7) is 5.98. The van der Waals surface area contributed by atoms with Crippen LogP contribution in [0.15, 0.2) is 22.7 Å². The Morgan fingerprint density at radius 2 is 2.15 bits per heavy atom. The Bertz CT molecular complexity index is 478. The highest BCUT2D eigenvalue weighted by molar-refractivity contribution is 9.10. The van der Waals surface area contributed by atoms with Crippen LogP contribution in [-0.4, -0.2) is 23.8 Å². The molecule has 0 bridgehead atoms. The zero-order chi connectivity index (χ0) is 15.3. The van der Waals surface area contributed by atoms with Crippen LogP contribution < -0.4 is 10.6 Å². The van der Waals surface area contributed by atoms with Crippen LogP contribution in [0, 0.1) is 11.2 Å². The van der Waals surface area contributed by atoms with Crippen molar-refractivity contribution >= 4 is 27.6 Å². The average molecular weight is 347 g/mol. The summed E-state index contributed by atoms with van der Waals surface area (Å²) in [6.07, 6.45) is 0.135. The van der Waals surface area contributed by atoms with Gasteiger partial charge in [-0.1, -0.05) is 29.8 Å². The summed E-state index contributed by atoms with van der Waals surface area (Å²) in [7, 11) is 0. The Hall–Kier alpha value is -1.14. The quantitative estimate of drug-likeness (QED) is 0.763. The molecule has 3 N–H and O–H groups in total. The van der Waals surface area contributed by atoms with Crippen LogP contribution in [0.1, 0.15) is 27.2 Å². The lowest BCUT2D eigenvalue weighted by molar-refractivity contribution is 0.129. The van der Waals surface area contributed by atoms with E-state index in [-0.39, 0.29) is 11.1 Å². The van der Waals surface area contributed by atoms with Crippen molar-refractivity contribution in [1.82, 2.24) is 5.32 Å². The van der Waals surface area contributed by atoms with E-state index in [1.807, 2.05) is 13.8 Å². The smallest absolute Gasteiger partial charge is 0.319 e. The van der Waals surface area contributed by atoms with E-state index in [0.29, 0.717) is 17.4 Å². The summed E-state index contributed by atoms with van der Waals surface area (Å²) in [6, 6.07) is 3.86. The number of aliphatic hydroxyl groups excluding tert-OH is 1. The maximum Gasteiger partial charge on any atom is 0.319 e. The van der Waals surface area contributed by atoms with Crippen LogP contribution in [0.3, 0.4) is 0 Å². The van der Waals surface area contributed by atoms with E-state index in [1.54, 1.807) is 13.0 Å². The maximum absolute atomic E-state index is 13.5. The van der Waals surface area contributed by atoms with Gasteiger partial charge in [0, 0.05) is 11.0 Å². The number of benzene rings is 1. The normalized spacial score (nSPS) is 12.9. The standard InChI is InChI=1S/C14H20BrFN2O2/c1-9(19)7-14(2,3)8-17-13(20)18-12-6-10(15)4-5-11(12)16/h4-6,9,19H,7-8H2,1-3H3,(H2,17,18,20). The van der Waals surface area contributed by atoms with Gasteiger partial charge in [-0.3, -0.25) is 0 Å². The summed E-state index contributed by atoms with van der Waals surface area (Å²) < 4.78 is 14.2. The fourth-order valence-corrected chi connectivity index (χ4v) is 2.31. The fraction of sp³-hybridized carbons (Fsp3) is 0.500. The highest BCUT2D eigenvalue weighted by atomic mass is 79.9. The second-order valence-electron chi connectivity index (χ2n) is 5.65. The lowest BCUT2D eigenvalue weighted by Crippen LogP contribution is -2.38. The summed E-state index contributed by atoms with van der Waals surface area (Å²) in [5.41, 5.74) is -0.119. The van der Waals surface area contributed by atoms with Gasteiger partial charge < -0.3 is 15.7 Å². The first-order valence-electron chi connectivity index (χ1n) is 6.37. The van der Waals surface area contributed by atoms with E-state index in [9.17, 15) is 14.3 Å². The first-order chi connectivity index (χ1) is 9.19. The minimum atomic E-state index is -0.494. The van der Waals surface area contributed by atoms with Gasteiger partial charge in [0.1, 0.15) is 5.82 Å². The molecule has 1 rings (SSSR count). The average Bonchev–Trinajstić information content (AvgIpc) is 2.30. The molecule has 112 valence electrons. The Morgan fingerprint density at radius 1 is 1.50 bits per heavy atom. The monoisotopic (exact) mass is 346 g/mol. The number of anilines is 1. The predicted molar refractivity (Wildman–Crippen MR) is 81.2 cm³/mol. The lowest BCUT2D eigenvalue weighted by Gasteiger charge is -2.26. The number of amides is 2. The van der Waals surface area contributed by atoms with Crippen molar-refractivity contribution in [1.29, 1.82) is 0 Å². The summed E-state index contributed by atoms with van der Waals surface area (Å²) in [5, 5.41) is 14.5. The predicted octanol–water partition coefficient (Wildman–Crippen LogP) is 3.51. The van der Waals surface area contributed by atoms with E-state index >= 15 is 0 Å². The van der Waals surface area contributed by atoms with E-state index < -0.39 is 18.0 Å². The zero-order valence-corrected chi connectivity index (χ0v) is 13.4. The summed E-state index contributed by atoms with van der Waals surface area (Å²) in [5.74, 6) is -0.494. The van der Waals surface area contributed by atoms with Crippen LogP contribution in [0.5, 0.6) is 0 Å². The topological polar surface area (TPSA) is 61.4 Å². The number of nitrogens with one attached hydrogen (secondary N) is 2. The van der Waals surface area contributed by atoms with Crippen LogP contribution in [-0.2, 0) is 0 Å². The highest BCUT2D eigenvalue weighted by Gasteiger charge is 2.21. The largest absolute Gasteiger partial charge is 0.393 e. The van der Waals surface area contributed by atoms with Crippen molar-refractivity contribution in [3.8, 4) is 0 Å². The van der Waals surface area contributed by atoms with Gasteiger partial charge in [-0.05, 0) is 37.0 Å². The first kappa shape index (κ1) is 16.9. The van der Waals surface area contributed by atoms with Gasteiger partial charge in [-0.2, -0.15) is 0 Å². The van der Waals surface area contributed by atoms with E-state index in [0.717, 1.165) is 0 Å². The number of rotatable bonds is 5. The number of urea groups is 1. The fourth-order valence-electron chi connectivity index (χ4n) is 1.95. The first-order valence-corrected chi connectivity index (χ1v) is 7.17. The number of hydrogen-bond acceptors (Lipinski definition) is 2. The van der Waals surface area contributed by atoms with E-state index in [2.05, 4.69) is 26.6 Å². The molecule has 2 amide bonds. The van der Waals surface area contributed by atoms with E-state index in [1.165, 1.54) is 12.1 Å². The second kappa shape index (κ2) is 7.04. The number of hydrogen-bond donors (Lipinski definition) is 3. The van der Waals surface area contributed by atoms with Crippen molar-refractivity contribution < 1.29 is 14.3 Å². The third kappa shape index (κ3) is 5.88. The van der Waals surface area contributed by atoms with Crippen LogP contribution >= 0.6 is 15.9 Å². The third-order valence-corrected chi connectivity index (χ3v) is 3.25. The van der Waals surface area contributed by atoms with Crippen molar-refractivity contribution in [2.24, 2.45) is 5.41 Å². The third-order valence-electron chi connectivity index (χ3n) is 2.75. The molecule has 0 aliphatic heterocycles. The second-order valence-corrected chi connectivity index (χ2v) is 6.56. The molecule has 4 nitrogen and oxygen atoms in total. The molecule has 0 fully saturated rings. The van der Waals surface area contributed by atoms with Crippen LogP contribution in [0.4, 0.5) is 14.9 Å². The Labute approximate surface area is 126 Å². The minimum absolute atomic E-state index is 0.116. The molecule has 0 spiro atoms. The molecule has 20 heavy (non-hydrogen) atoms. The minimum Gasteiger partial charge on any atom is -0.393 e. The molecule has 0 aliphatic rings. The Balaban J connectivity index is 2.54. The van der Waals surface area contributed by atoms with Crippen molar-refractivity contribution in [2.45, 2.75) is 33.3 Å². The van der Waals surface area contributed by atoms with Gasteiger partial charge in [-0.15, -0.1) is 0 Å². The van der Waals surface area contributed by atoms with E-state index in [4.69, 9.17) is 0 Å². The maximum atomic E-state index is 13.5. The zero-order valence-electron chi connectivity index (χ0n) is 11.8. The summed E-state index contributed by atoms with van der Waals surface area (Å²) >= 11 is 3.22. The SMILES string of the molecule is CC(O)CC(C)(C)CNC(=O)Nc1cc(Br)ccc1F. The molecule has 0 heterocycles. The molecule has 0 radical (unpaired) electrons. The number of aliphatic hydroxyl groups is 1. The summed E-state index contributed by atoms with van der Waals surface area (Å²) in [4.78, 5) is 11.7. The lowest BCUT2D eigenvalue weighted by atomic mass is 9.87. The molecule has 1 atom stereocenters. The van der Waals surface area contributed by atoms with Gasteiger partial charge in [0.2, 0.25) is 0 Å². The number of carbonyl (C=O) groups excluding carboxylic acids is 1. The van der Waals surface area contributed by atoms with Gasteiger partial charge >= 0.3 is 6.03 Å². The van der Waals surface area contributed by atoms with Gasteiger partial charge in [0.05, 0.1) is 11.8 Å². The molecule has 0 aliphatic carbocycles. The number of halogens is 2. The van der Waals surface area contributed by atoms with Crippen molar-refractivity contribution in [2.75, 3.05) is 11.9 Å². The van der Waals surface area contributed by atoms with Gasteiger partial charge in [0.25, 0.3) is 0 Å². The molecule has 0 saturated carbocycles. The van der Waals surface area contributed by atoms with Crippen molar-refractivity contribution in [3.05, 3.63) is 28.5 Å². The molecule has 1 aromatic carbocycles. The Kier molecular flexibility index (Phi) is 5.95. The Morgan fingerprint density at radius 3 is 2.75 bits per heavy atom. The van der Waals surface area contributed by atoms with Gasteiger partial charge in [-0.25, -0.2) is 9.18 Å². The molecule has 1 aromatic rings. The van der Waals surface area contributed by atoms with Gasteiger partial charge in [0.15, 0.2) is 0 Å². The van der Waals surface area contributed by atoms with Crippen LogP contribution in [0.25, 0.3) is 0 Å². The molecule has 0 aromatic heterocycles. The molecular formula is C14H20BrFN2O2. The molecular weight excluding hydrogens is 327 g/mol. The number of carbonyl (C=O) groups is 1. The molecule has 6 heteroatoms.